The van der Waals surface area contributed by atoms with Crippen LogP contribution in [0.1, 0.15) is 193 Å². The maximum atomic E-state index is 12.6. The van der Waals surface area contributed by atoms with Crippen molar-refractivity contribution in [1.82, 2.24) is 21.3 Å². The van der Waals surface area contributed by atoms with Crippen molar-refractivity contribution in [2.24, 2.45) is 11.8 Å². The van der Waals surface area contributed by atoms with Crippen LogP contribution >= 0.6 is 0 Å². The Morgan fingerprint density at radius 1 is 0.388 bits per heavy atom. The first-order chi connectivity index (χ1) is 38.4. The van der Waals surface area contributed by atoms with Gasteiger partial charge in [-0.1, -0.05) is 90.4 Å². The molecule has 0 aromatic heterocycles. The lowest BCUT2D eigenvalue weighted by molar-refractivity contribution is -0.145. The summed E-state index contributed by atoms with van der Waals surface area (Å²) in [5, 5.41) is 56.4. The van der Waals surface area contributed by atoms with E-state index < -0.39 is 72.8 Å². The molecule has 0 aliphatic carbocycles. The van der Waals surface area contributed by atoms with E-state index in [1.165, 1.54) is 25.7 Å². The number of hydrogen-bond donors (Lipinski definition) is 9. The SMILES string of the molecule is CC[C@@H](CCCCNC(=O)CC[C@H](NC(=O)COCCOCCCC(=O)COCCOCCNC(=O)CC[C@H](NC(=O)CC[C@H](CC(=O)CCCCCCCCCCCCCCCCC(=O)O)C(=O)O)C(=O)O)C(=O)O)C(=O)CO. The lowest BCUT2D eigenvalue weighted by Gasteiger charge is -2.16. The number of ketones is 3. The first-order valence-corrected chi connectivity index (χ1v) is 28.9. The topological polar surface area (TPSA) is 374 Å². The van der Waals surface area contributed by atoms with Gasteiger partial charge in [-0.2, -0.15) is 0 Å². The molecule has 0 heterocycles. The minimum absolute atomic E-state index is 0.0340. The van der Waals surface area contributed by atoms with Gasteiger partial charge in [0.1, 0.15) is 37.7 Å². The van der Waals surface area contributed by atoms with Gasteiger partial charge in [-0.3, -0.25) is 43.2 Å². The highest BCUT2D eigenvalue weighted by atomic mass is 16.5. The number of hydrogen-bond acceptors (Lipinski definition) is 16. The van der Waals surface area contributed by atoms with Gasteiger partial charge in [0.25, 0.3) is 0 Å². The fourth-order valence-corrected chi connectivity index (χ4v) is 8.42. The average Bonchev–Trinajstić information content (AvgIpc) is 3.41. The fraction of sp³-hybridized carbons (Fsp3) is 0.804. The van der Waals surface area contributed by atoms with E-state index >= 15 is 0 Å². The number of carboxylic acids is 4. The molecule has 0 radical (unpaired) electrons. The first kappa shape index (κ1) is 74.6. The van der Waals surface area contributed by atoms with Crippen LogP contribution in [0.2, 0.25) is 0 Å². The van der Waals surface area contributed by atoms with E-state index in [-0.39, 0.29) is 146 Å². The minimum atomic E-state index is -1.39. The van der Waals surface area contributed by atoms with Crippen LogP contribution in [0.15, 0.2) is 0 Å². The number of carboxylic acid groups (broad SMARTS) is 4. The molecule has 24 nitrogen and oxygen atoms in total. The third kappa shape index (κ3) is 45.3. The summed E-state index contributed by atoms with van der Waals surface area (Å²) in [5.41, 5.74) is 0. The Balaban J connectivity index is 4.01. The van der Waals surface area contributed by atoms with Crippen LogP contribution in [0, 0.1) is 11.8 Å². The van der Waals surface area contributed by atoms with Crippen LogP contribution in [-0.4, -0.2) is 175 Å². The summed E-state index contributed by atoms with van der Waals surface area (Å²) in [6.07, 6.45) is 16.9. The summed E-state index contributed by atoms with van der Waals surface area (Å²) in [6.45, 7) is 1.99. The van der Waals surface area contributed by atoms with Gasteiger partial charge in [0.15, 0.2) is 11.6 Å². The molecular weight excluding hydrogens is 1050 g/mol. The molecule has 0 bridgehead atoms. The van der Waals surface area contributed by atoms with Crippen molar-refractivity contribution in [2.45, 2.75) is 205 Å². The predicted molar refractivity (Wildman–Crippen MR) is 292 cm³/mol. The summed E-state index contributed by atoms with van der Waals surface area (Å²) in [6, 6.07) is -2.68. The molecule has 0 saturated heterocycles. The van der Waals surface area contributed by atoms with Crippen LogP contribution in [0.25, 0.3) is 0 Å². The molecule has 4 atom stereocenters. The van der Waals surface area contributed by atoms with Crippen molar-refractivity contribution in [3.63, 3.8) is 0 Å². The number of unbranched alkanes of at least 4 members (excludes halogenated alkanes) is 14. The molecule has 9 N–H and O–H groups in total. The molecule has 4 amide bonds. The molecular formula is C56H96N4O20. The first-order valence-electron chi connectivity index (χ1n) is 28.9. The molecule has 0 aliphatic heterocycles. The van der Waals surface area contributed by atoms with E-state index in [0.29, 0.717) is 45.1 Å². The van der Waals surface area contributed by atoms with E-state index in [2.05, 4.69) is 21.3 Å². The Morgan fingerprint density at radius 3 is 1.36 bits per heavy atom. The Labute approximate surface area is 471 Å². The number of aliphatic hydroxyl groups is 1. The highest BCUT2D eigenvalue weighted by Gasteiger charge is 2.26. The van der Waals surface area contributed by atoms with Gasteiger partial charge in [-0.05, 0) is 57.8 Å². The van der Waals surface area contributed by atoms with Crippen molar-refractivity contribution in [2.75, 3.05) is 72.6 Å². The number of Topliss-reactive ketones (excluding diaryl/α,β-unsaturated/α-hetero) is 3. The Kier molecular flexibility index (Phi) is 47.1. The summed E-state index contributed by atoms with van der Waals surface area (Å²) in [7, 11) is 0. The summed E-state index contributed by atoms with van der Waals surface area (Å²) >= 11 is 0. The van der Waals surface area contributed by atoms with Gasteiger partial charge >= 0.3 is 23.9 Å². The van der Waals surface area contributed by atoms with Crippen molar-refractivity contribution in [3.8, 4) is 0 Å². The number of nitrogens with one attached hydrogen (secondary N) is 4. The maximum absolute atomic E-state index is 12.6. The van der Waals surface area contributed by atoms with Crippen molar-refractivity contribution in [3.05, 3.63) is 0 Å². The van der Waals surface area contributed by atoms with Crippen LogP contribution in [0.5, 0.6) is 0 Å². The summed E-state index contributed by atoms with van der Waals surface area (Å²) < 4.78 is 21.4. The third-order valence-corrected chi connectivity index (χ3v) is 13.2. The summed E-state index contributed by atoms with van der Waals surface area (Å²) in [4.78, 5) is 131. The number of carbonyl (C=O) groups excluding carboxylic acids is 7. The largest absolute Gasteiger partial charge is 0.481 e. The standard InChI is InChI=1S/C56H96N4O20/c1-2-42(48(64)39-61)20-17-18-30-57-49(65)28-26-47(56(75)76)60-52(68)41-80-37-34-77-32-19-22-45(63)40-79-36-35-78-33-31-58-50(66)29-25-46(55(73)74)59-51(67)27-24-43(54(71)72)38-44(62)21-15-13-11-9-7-5-3-4-6-8-10-12-14-16-23-53(69)70/h42-43,46-47,61H,2-41H2,1H3,(H,57,65)(H,58,66)(H,59,67)(H,60,68)(H,69,70)(H,71,72)(H,73,74)(H,75,76)/t42-,43+,46-,47-/m0/s1. The molecule has 0 saturated carbocycles. The number of aliphatic hydroxyl groups excluding tert-OH is 1. The molecule has 0 aliphatic rings. The van der Waals surface area contributed by atoms with Crippen LogP contribution < -0.4 is 21.3 Å². The van der Waals surface area contributed by atoms with Gasteiger partial charge in [0.05, 0.1) is 39.0 Å². The highest BCUT2D eigenvalue weighted by Crippen LogP contribution is 2.18. The van der Waals surface area contributed by atoms with Gasteiger partial charge in [0.2, 0.25) is 23.6 Å². The maximum Gasteiger partial charge on any atom is 0.326 e. The average molecular weight is 1150 g/mol. The predicted octanol–water partition coefficient (Wildman–Crippen LogP) is 4.86. The normalized spacial score (nSPS) is 12.6. The molecule has 80 heavy (non-hydrogen) atoms. The van der Waals surface area contributed by atoms with E-state index in [1.54, 1.807) is 0 Å². The fourth-order valence-electron chi connectivity index (χ4n) is 8.42. The minimum Gasteiger partial charge on any atom is -0.481 e. The molecule has 460 valence electrons. The molecule has 24 heteroatoms. The second kappa shape index (κ2) is 50.5. The zero-order chi connectivity index (χ0) is 59.6. The third-order valence-electron chi connectivity index (χ3n) is 13.2. The molecule has 0 fully saturated rings. The number of carbonyl (C=O) groups is 11. The second-order valence-electron chi connectivity index (χ2n) is 20.1. The van der Waals surface area contributed by atoms with Crippen molar-refractivity contribution >= 4 is 64.9 Å². The van der Waals surface area contributed by atoms with Gasteiger partial charge in [-0.15, -0.1) is 0 Å². The number of aliphatic carboxylic acids is 4. The molecule has 0 spiro atoms. The van der Waals surface area contributed by atoms with Gasteiger partial charge < -0.3 is 65.7 Å². The van der Waals surface area contributed by atoms with Crippen molar-refractivity contribution < 1.29 is 97.2 Å². The molecule has 0 rings (SSSR count). The van der Waals surface area contributed by atoms with E-state index in [1.807, 2.05) is 6.92 Å². The second-order valence-corrected chi connectivity index (χ2v) is 20.1. The van der Waals surface area contributed by atoms with Crippen molar-refractivity contribution in [1.29, 1.82) is 0 Å². The lowest BCUT2D eigenvalue weighted by atomic mass is 9.94. The number of ether oxygens (including phenoxy) is 4. The molecule has 0 aromatic carbocycles. The quantitative estimate of drug-likeness (QED) is 0.0367. The van der Waals surface area contributed by atoms with Gasteiger partial charge in [-0.25, -0.2) is 9.59 Å². The van der Waals surface area contributed by atoms with E-state index in [9.17, 15) is 68.1 Å². The zero-order valence-corrected chi connectivity index (χ0v) is 47.5. The lowest BCUT2D eigenvalue weighted by Crippen LogP contribution is -2.43. The monoisotopic (exact) mass is 1140 g/mol. The van der Waals surface area contributed by atoms with E-state index in [0.717, 1.165) is 57.8 Å². The number of amides is 4. The molecule has 0 aromatic rings. The Hall–Kier alpha value is -5.43. The highest BCUT2D eigenvalue weighted by molar-refractivity contribution is 5.87. The Morgan fingerprint density at radius 2 is 0.850 bits per heavy atom. The van der Waals surface area contributed by atoms with Crippen LogP contribution in [-0.2, 0) is 71.7 Å². The van der Waals surface area contributed by atoms with E-state index in [4.69, 9.17) is 29.2 Å². The summed E-state index contributed by atoms with van der Waals surface area (Å²) in [5.74, 6) is -8.70. The Bertz CT molecular complexity index is 1800. The van der Waals surface area contributed by atoms with Crippen LogP contribution in [0.3, 0.4) is 0 Å². The zero-order valence-electron chi connectivity index (χ0n) is 47.5. The molecule has 0 unspecified atom stereocenters. The number of rotatable bonds is 58. The smallest absolute Gasteiger partial charge is 0.326 e. The van der Waals surface area contributed by atoms with Crippen LogP contribution in [0.4, 0.5) is 0 Å². The van der Waals surface area contributed by atoms with Gasteiger partial charge in [0, 0.05) is 70.6 Å².